The average molecular weight is 339 g/mol. The predicted octanol–water partition coefficient (Wildman–Crippen LogP) is 2.92. The number of rotatable bonds is 5. The van der Waals surface area contributed by atoms with Crippen molar-refractivity contribution < 1.29 is 18.4 Å². The monoisotopic (exact) mass is 338 g/mol. The van der Waals surface area contributed by atoms with Crippen LogP contribution in [0.15, 0.2) is 42.5 Å². The lowest BCUT2D eigenvalue weighted by Crippen LogP contribution is -2.33. The Morgan fingerprint density at radius 1 is 0.957 bits per heavy atom. The Hall–Kier alpha value is -2.47. The molecule has 23 heavy (non-hydrogen) atoms. The molecule has 0 fully saturated rings. The van der Waals surface area contributed by atoms with Gasteiger partial charge in [0.25, 0.3) is 0 Å². The average Bonchev–Trinajstić information content (AvgIpc) is 2.51. The van der Waals surface area contributed by atoms with Crippen molar-refractivity contribution in [2.45, 2.75) is 6.42 Å². The summed E-state index contributed by atoms with van der Waals surface area (Å²) >= 11 is 5.75. The van der Waals surface area contributed by atoms with Crippen molar-refractivity contribution in [3.8, 4) is 0 Å². The zero-order chi connectivity index (χ0) is 16.8. The Morgan fingerprint density at radius 2 is 1.65 bits per heavy atom. The first-order chi connectivity index (χ1) is 10.9. The van der Waals surface area contributed by atoms with Gasteiger partial charge in [-0.2, -0.15) is 0 Å². The van der Waals surface area contributed by atoms with E-state index in [1.807, 2.05) is 0 Å². The largest absolute Gasteiger partial charge is 0.347 e. The van der Waals surface area contributed by atoms with Gasteiger partial charge in [0.2, 0.25) is 11.8 Å². The molecule has 4 nitrogen and oxygen atoms in total. The SMILES string of the molecule is O=C(Cc1ccc(Cl)cc1)NCC(=O)Nc1ccc(F)c(F)c1. The fourth-order valence-electron chi connectivity index (χ4n) is 1.81. The van der Waals surface area contributed by atoms with Crippen LogP contribution < -0.4 is 10.6 Å². The number of anilines is 1. The third-order valence-corrected chi connectivity index (χ3v) is 3.18. The predicted molar refractivity (Wildman–Crippen MR) is 83.2 cm³/mol. The first kappa shape index (κ1) is 16.9. The van der Waals surface area contributed by atoms with Crippen LogP contribution >= 0.6 is 11.6 Å². The normalized spacial score (nSPS) is 10.2. The summed E-state index contributed by atoms with van der Waals surface area (Å²) in [6.07, 6.45) is 0.107. The van der Waals surface area contributed by atoms with Crippen LogP contribution in [-0.2, 0) is 16.0 Å². The Bertz CT molecular complexity index is 721. The molecule has 2 aromatic rings. The van der Waals surface area contributed by atoms with E-state index >= 15 is 0 Å². The highest BCUT2D eigenvalue weighted by atomic mass is 35.5. The van der Waals surface area contributed by atoms with Gasteiger partial charge in [-0.25, -0.2) is 8.78 Å². The summed E-state index contributed by atoms with van der Waals surface area (Å²) in [7, 11) is 0. The number of halogens is 3. The molecule has 0 aliphatic carbocycles. The molecule has 2 N–H and O–H groups in total. The lowest BCUT2D eigenvalue weighted by atomic mass is 10.1. The fourth-order valence-corrected chi connectivity index (χ4v) is 1.93. The fraction of sp³-hybridized carbons (Fsp3) is 0.125. The maximum absolute atomic E-state index is 13.0. The second-order valence-corrected chi connectivity index (χ2v) is 5.19. The molecule has 0 aromatic heterocycles. The molecule has 2 rings (SSSR count). The van der Waals surface area contributed by atoms with Crippen LogP contribution in [-0.4, -0.2) is 18.4 Å². The van der Waals surface area contributed by atoms with E-state index in [0.29, 0.717) is 5.02 Å². The van der Waals surface area contributed by atoms with Crippen LogP contribution in [0.1, 0.15) is 5.56 Å². The van der Waals surface area contributed by atoms with E-state index in [0.717, 1.165) is 17.7 Å². The minimum Gasteiger partial charge on any atom is -0.347 e. The first-order valence-electron chi connectivity index (χ1n) is 6.70. The van der Waals surface area contributed by atoms with Crippen molar-refractivity contribution in [3.63, 3.8) is 0 Å². The van der Waals surface area contributed by atoms with Gasteiger partial charge in [0, 0.05) is 16.8 Å². The molecule has 0 radical (unpaired) electrons. The topological polar surface area (TPSA) is 58.2 Å². The number of hydrogen-bond acceptors (Lipinski definition) is 2. The van der Waals surface area contributed by atoms with Crippen LogP contribution in [0.25, 0.3) is 0 Å². The molecule has 7 heteroatoms. The first-order valence-corrected chi connectivity index (χ1v) is 7.08. The Labute approximate surface area is 136 Å². The van der Waals surface area contributed by atoms with Crippen LogP contribution in [0.3, 0.4) is 0 Å². The number of amides is 2. The van der Waals surface area contributed by atoms with Gasteiger partial charge < -0.3 is 10.6 Å². The van der Waals surface area contributed by atoms with Crippen molar-refractivity contribution >= 4 is 29.1 Å². The summed E-state index contributed by atoms with van der Waals surface area (Å²) in [6.45, 7) is -0.272. The van der Waals surface area contributed by atoms with Gasteiger partial charge in [-0.3, -0.25) is 9.59 Å². The van der Waals surface area contributed by atoms with Crippen molar-refractivity contribution in [2.75, 3.05) is 11.9 Å². The second kappa shape index (κ2) is 7.69. The van der Waals surface area contributed by atoms with E-state index in [1.54, 1.807) is 24.3 Å². The summed E-state index contributed by atoms with van der Waals surface area (Å²) in [5, 5.41) is 5.37. The van der Waals surface area contributed by atoms with Gasteiger partial charge in [-0.1, -0.05) is 23.7 Å². The molecule has 0 bridgehead atoms. The highest BCUT2D eigenvalue weighted by Gasteiger charge is 2.08. The maximum atomic E-state index is 13.0. The van der Waals surface area contributed by atoms with Gasteiger partial charge in [0.15, 0.2) is 11.6 Å². The summed E-state index contributed by atoms with van der Waals surface area (Å²) in [5.41, 5.74) is 0.869. The molecule has 120 valence electrons. The van der Waals surface area contributed by atoms with Gasteiger partial charge in [-0.05, 0) is 29.8 Å². The molecule has 0 saturated heterocycles. The summed E-state index contributed by atoms with van der Waals surface area (Å²) in [6, 6.07) is 9.76. The quantitative estimate of drug-likeness (QED) is 0.880. The molecule has 2 aromatic carbocycles. The molecule has 0 saturated carbocycles. The van der Waals surface area contributed by atoms with Crippen molar-refractivity contribution in [1.29, 1.82) is 0 Å². The van der Waals surface area contributed by atoms with Crippen LogP contribution in [0.4, 0.5) is 14.5 Å². The Morgan fingerprint density at radius 3 is 2.30 bits per heavy atom. The number of benzene rings is 2. The minimum absolute atomic E-state index is 0.107. The lowest BCUT2D eigenvalue weighted by Gasteiger charge is -2.07. The highest BCUT2D eigenvalue weighted by molar-refractivity contribution is 6.30. The molecule has 0 spiro atoms. The Kier molecular flexibility index (Phi) is 5.65. The van der Waals surface area contributed by atoms with Gasteiger partial charge in [0.05, 0.1) is 13.0 Å². The molecule has 0 heterocycles. The van der Waals surface area contributed by atoms with E-state index in [2.05, 4.69) is 10.6 Å². The number of nitrogens with one attached hydrogen (secondary N) is 2. The molecule has 0 atom stereocenters. The minimum atomic E-state index is -1.06. The van der Waals surface area contributed by atoms with Crippen molar-refractivity contribution in [1.82, 2.24) is 5.32 Å². The third-order valence-electron chi connectivity index (χ3n) is 2.93. The van der Waals surface area contributed by atoms with Crippen LogP contribution in [0, 0.1) is 11.6 Å². The lowest BCUT2D eigenvalue weighted by molar-refractivity contribution is -0.123. The zero-order valence-corrected chi connectivity index (χ0v) is 12.7. The third kappa shape index (κ3) is 5.34. The number of carbonyl (C=O) groups is 2. The van der Waals surface area contributed by atoms with Crippen molar-refractivity contribution in [2.24, 2.45) is 0 Å². The maximum Gasteiger partial charge on any atom is 0.243 e. The Balaban J connectivity index is 1.80. The summed E-state index contributed by atoms with van der Waals surface area (Å²) in [5.74, 6) is -2.94. The van der Waals surface area contributed by atoms with Gasteiger partial charge in [-0.15, -0.1) is 0 Å². The zero-order valence-electron chi connectivity index (χ0n) is 11.9. The number of hydrogen-bond donors (Lipinski definition) is 2. The standard InChI is InChI=1S/C16H13ClF2N2O2/c17-11-3-1-10(2-4-11)7-15(22)20-9-16(23)21-12-5-6-13(18)14(19)8-12/h1-6,8H,7,9H2,(H,20,22)(H,21,23). The molecular weight excluding hydrogens is 326 g/mol. The van der Waals surface area contributed by atoms with Crippen LogP contribution in [0.5, 0.6) is 0 Å². The summed E-state index contributed by atoms with van der Waals surface area (Å²) in [4.78, 5) is 23.4. The molecule has 0 unspecified atom stereocenters. The van der Waals surface area contributed by atoms with E-state index in [9.17, 15) is 18.4 Å². The highest BCUT2D eigenvalue weighted by Crippen LogP contribution is 2.13. The van der Waals surface area contributed by atoms with E-state index in [1.165, 1.54) is 6.07 Å². The van der Waals surface area contributed by atoms with Gasteiger partial charge >= 0.3 is 0 Å². The van der Waals surface area contributed by atoms with E-state index in [4.69, 9.17) is 11.6 Å². The summed E-state index contributed by atoms with van der Waals surface area (Å²) < 4.78 is 25.8. The molecular formula is C16H13ClF2N2O2. The molecule has 2 amide bonds. The van der Waals surface area contributed by atoms with E-state index in [-0.39, 0.29) is 24.6 Å². The second-order valence-electron chi connectivity index (χ2n) is 4.76. The van der Waals surface area contributed by atoms with Crippen molar-refractivity contribution in [3.05, 3.63) is 64.7 Å². The smallest absolute Gasteiger partial charge is 0.243 e. The van der Waals surface area contributed by atoms with E-state index < -0.39 is 17.5 Å². The molecule has 0 aliphatic rings. The van der Waals surface area contributed by atoms with Gasteiger partial charge in [0.1, 0.15) is 0 Å². The van der Waals surface area contributed by atoms with Crippen LogP contribution in [0.2, 0.25) is 5.02 Å². The molecule has 0 aliphatic heterocycles. The number of carbonyl (C=O) groups excluding carboxylic acids is 2.